The Bertz CT molecular complexity index is 300. The minimum absolute atomic E-state index is 0. The maximum absolute atomic E-state index is 7.04. The van der Waals surface area contributed by atoms with Crippen LogP contribution in [0.3, 0.4) is 0 Å². The fourth-order valence-electron chi connectivity index (χ4n) is 0.680. The summed E-state index contributed by atoms with van der Waals surface area (Å²) in [4.78, 5) is 3.77. The number of anilines is 1. The molecule has 0 fully saturated rings. The summed E-state index contributed by atoms with van der Waals surface area (Å²) in [6, 6.07) is 1.51. The van der Waals surface area contributed by atoms with Crippen LogP contribution in [0.1, 0.15) is 5.69 Å². The normalized spacial score (nSPS) is 8.75. The van der Waals surface area contributed by atoms with Gasteiger partial charge in [-0.25, -0.2) is 4.98 Å². The Labute approximate surface area is 80.8 Å². The lowest BCUT2D eigenvalue weighted by Crippen LogP contribution is -2.15. The van der Waals surface area contributed by atoms with Gasteiger partial charge in [0.15, 0.2) is 0 Å². The highest BCUT2D eigenvalue weighted by molar-refractivity contribution is 6.30. The smallest absolute Gasteiger partial charge is 0.143 e. The van der Waals surface area contributed by atoms with Gasteiger partial charge in [0.25, 0.3) is 0 Å². The molecule has 1 aromatic heterocycles. The highest BCUT2D eigenvalue weighted by atomic mass is 35.5. The zero-order chi connectivity index (χ0) is 8.43. The first-order valence-electron chi connectivity index (χ1n) is 2.86. The predicted molar refractivity (Wildman–Crippen MR) is 51.9 cm³/mol. The lowest BCUT2D eigenvalue weighted by molar-refractivity contribution is 1.26. The number of halogens is 2. The molecule has 0 spiro atoms. The molecule has 5 N–H and O–H groups in total. The summed E-state index contributed by atoms with van der Waals surface area (Å²) in [6.45, 7) is 0. The second kappa shape index (κ2) is 4.13. The van der Waals surface area contributed by atoms with Crippen LogP contribution in [-0.4, -0.2) is 10.8 Å². The van der Waals surface area contributed by atoms with Crippen molar-refractivity contribution < 1.29 is 0 Å². The molecule has 0 radical (unpaired) electrons. The maximum atomic E-state index is 7.04. The monoisotopic (exact) mass is 206 g/mol. The Morgan fingerprint density at radius 3 is 2.58 bits per heavy atom. The lowest BCUT2D eigenvalue weighted by Gasteiger charge is -2.00. The van der Waals surface area contributed by atoms with Crippen LogP contribution >= 0.6 is 24.0 Å². The third-order valence-corrected chi connectivity index (χ3v) is 1.35. The second-order valence-corrected chi connectivity index (χ2v) is 2.44. The van der Waals surface area contributed by atoms with Gasteiger partial charge in [0.2, 0.25) is 0 Å². The third kappa shape index (κ3) is 2.25. The van der Waals surface area contributed by atoms with Crippen LogP contribution in [0.25, 0.3) is 0 Å². The predicted octanol–water partition coefficient (Wildman–Crippen LogP) is 1.02. The molecule has 0 aromatic carbocycles. The molecule has 0 unspecified atom stereocenters. The Balaban J connectivity index is 0.00000121. The summed E-state index contributed by atoms with van der Waals surface area (Å²) in [7, 11) is 0. The lowest BCUT2D eigenvalue weighted by atomic mass is 10.3. The van der Waals surface area contributed by atoms with Gasteiger partial charge in [0.1, 0.15) is 11.5 Å². The van der Waals surface area contributed by atoms with Crippen molar-refractivity contribution >= 4 is 35.5 Å². The molecule has 4 nitrogen and oxygen atoms in total. The quantitative estimate of drug-likeness (QED) is 0.474. The van der Waals surface area contributed by atoms with Crippen LogP contribution in [0.4, 0.5) is 5.69 Å². The largest absolute Gasteiger partial charge is 0.397 e. The molecule has 12 heavy (non-hydrogen) atoms. The molecule has 0 atom stereocenters. The zero-order valence-electron chi connectivity index (χ0n) is 6.04. The Hall–Kier alpha value is -1.00. The molecule has 0 bridgehead atoms. The topological polar surface area (TPSA) is 88.8 Å². The number of aromatic nitrogens is 1. The first-order chi connectivity index (χ1) is 5.11. The molecule has 1 rings (SSSR count). The molecule has 0 aliphatic rings. The van der Waals surface area contributed by atoms with Gasteiger partial charge in [0.05, 0.1) is 10.7 Å². The van der Waals surface area contributed by atoms with Gasteiger partial charge in [-0.1, -0.05) is 11.6 Å². The number of rotatable bonds is 1. The fourth-order valence-corrected chi connectivity index (χ4v) is 0.846. The number of amidine groups is 1. The summed E-state index contributed by atoms with van der Waals surface area (Å²) in [6.07, 6.45) is 1.40. The highest BCUT2D eigenvalue weighted by Crippen LogP contribution is 2.13. The number of nitrogens with two attached hydrogens (primary N) is 2. The van der Waals surface area contributed by atoms with E-state index in [9.17, 15) is 0 Å². The van der Waals surface area contributed by atoms with E-state index in [1.807, 2.05) is 0 Å². The maximum Gasteiger partial charge on any atom is 0.143 e. The fraction of sp³-hybridized carbons (Fsp3) is 0. The summed E-state index contributed by atoms with van der Waals surface area (Å²) in [5, 5.41) is 7.48. The Morgan fingerprint density at radius 2 is 2.17 bits per heavy atom. The van der Waals surface area contributed by atoms with Crippen molar-refractivity contribution in [3.63, 3.8) is 0 Å². The van der Waals surface area contributed by atoms with E-state index in [-0.39, 0.29) is 23.9 Å². The summed E-state index contributed by atoms with van der Waals surface area (Å²) >= 11 is 5.57. The SMILES string of the molecule is Cl.N=C(N)c1ncc(Cl)cc1N. The molecule has 0 saturated carbocycles. The molecule has 6 heteroatoms. The van der Waals surface area contributed by atoms with Gasteiger partial charge in [0, 0.05) is 6.20 Å². The molecular formula is C6H8Cl2N4. The standard InChI is InChI=1S/C6H7ClN4.ClH/c7-3-1-4(8)5(6(9)10)11-2-3;/h1-2H,8H2,(H3,9,10);1H. The summed E-state index contributed by atoms with van der Waals surface area (Å²) < 4.78 is 0. The number of nitrogens with zero attached hydrogens (tertiary/aromatic N) is 1. The first kappa shape index (κ1) is 11.0. The van der Waals surface area contributed by atoms with E-state index in [1.54, 1.807) is 0 Å². The van der Waals surface area contributed by atoms with Crippen molar-refractivity contribution in [3.8, 4) is 0 Å². The van der Waals surface area contributed by atoms with E-state index in [1.165, 1.54) is 12.3 Å². The van der Waals surface area contributed by atoms with Crippen LogP contribution in [0.5, 0.6) is 0 Å². The van der Waals surface area contributed by atoms with Crippen molar-refractivity contribution in [2.24, 2.45) is 5.73 Å². The molecule has 1 aromatic rings. The zero-order valence-corrected chi connectivity index (χ0v) is 7.62. The van der Waals surface area contributed by atoms with Gasteiger partial charge < -0.3 is 11.5 Å². The molecule has 1 heterocycles. The third-order valence-electron chi connectivity index (χ3n) is 1.14. The van der Waals surface area contributed by atoms with Crippen molar-refractivity contribution in [1.82, 2.24) is 4.98 Å². The van der Waals surface area contributed by atoms with Crippen LogP contribution in [0.15, 0.2) is 12.3 Å². The van der Waals surface area contributed by atoms with Crippen LogP contribution in [0, 0.1) is 5.41 Å². The van der Waals surface area contributed by atoms with E-state index in [0.29, 0.717) is 10.7 Å². The number of nitrogens with one attached hydrogen (secondary N) is 1. The minimum atomic E-state index is -0.154. The van der Waals surface area contributed by atoms with Gasteiger partial charge in [-0.2, -0.15) is 0 Å². The average molecular weight is 207 g/mol. The second-order valence-electron chi connectivity index (χ2n) is 2.01. The molecule has 0 aliphatic heterocycles. The Kier molecular flexibility index (Phi) is 3.79. The van der Waals surface area contributed by atoms with Crippen molar-refractivity contribution in [1.29, 1.82) is 5.41 Å². The average Bonchev–Trinajstić information content (AvgIpc) is 1.85. The van der Waals surface area contributed by atoms with Crippen LogP contribution in [-0.2, 0) is 0 Å². The summed E-state index contributed by atoms with van der Waals surface area (Å²) in [5.41, 5.74) is 11.2. The molecule has 0 saturated heterocycles. The number of pyridine rings is 1. The molecule has 0 amide bonds. The van der Waals surface area contributed by atoms with Crippen molar-refractivity contribution in [2.75, 3.05) is 5.73 Å². The van der Waals surface area contributed by atoms with E-state index in [0.717, 1.165) is 0 Å². The molecule has 66 valence electrons. The van der Waals surface area contributed by atoms with Gasteiger partial charge in [-0.05, 0) is 6.07 Å². The first-order valence-corrected chi connectivity index (χ1v) is 3.24. The van der Waals surface area contributed by atoms with Crippen LogP contribution < -0.4 is 11.5 Å². The van der Waals surface area contributed by atoms with Crippen molar-refractivity contribution in [2.45, 2.75) is 0 Å². The minimum Gasteiger partial charge on any atom is -0.397 e. The van der Waals surface area contributed by atoms with Crippen LogP contribution in [0.2, 0.25) is 5.02 Å². The van der Waals surface area contributed by atoms with Gasteiger partial charge in [-0.3, -0.25) is 5.41 Å². The van der Waals surface area contributed by atoms with E-state index >= 15 is 0 Å². The number of hydrogen-bond donors (Lipinski definition) is 3. The summed E-state index contributed by atoms with van der Waals surface area (Å²) in [5.74, 6) is -0.154. The number of hydrogen-bond acceptors (Lipinski definition) is 3. The van der Waals surface area contributed by atoms with E-state index < -0.39 is 0 Å². The van der Waals surface area contributed by atoms with Crippen molar-refractivity contribution in [3.05, 3.63) is 23.0 Å². The van der Waals surface area contributed by atoms with Gasteiger partial charge in [-0.15, -0.1) is 12.4 Å². The molecule has 0 aliphatic carbocycles. The van der Waals surface area contributed by atoms with E-state index in [2.05, 4.69) is 4.98 Å². The molecular weight excluding hydrogens is 199 g/mol. The number of nitrogen functional groups attached to an aromatic ring is 2. The van der Waals surface area contributed by atoms with E-state index in [4.69, 9.17) is 28.5 Å². The Morgan fingerprint density at radius 1 is 1.58 bits per heavy atom. The van der Waals surface area contributed by atoms with Gasteiger partial charge >= 0.3 is 0 Å². The highest BCUT2D eigenvalue weighted by Gasteiger charge is 2.03.